The lowest BCUT2D eigenvalue weighted by Crippen LogP contribution is -2.10. The van der Waals surface area contributed by atoms with Gasteiger partial charge in [0.1, 0.15) is 11.8 Å². The second-order valence-corrected chi connectivity index (χ2v) is 8.98. The molecule has 0 aliphatic heterocycles. The van der Waals surface area contributed by atoms with Crippen LogP contribution in [0.25, 0.3) is 11.1 Å². The topological polar surface area (TPSA) is 50.1 Å². The van der Waals surface area contributed by atoms with Gasteiger partial charge in [0.25, 0.3) is 0 Å². The Bertz CT molecular complexity index is 1110. The molecule has 0 heterocycles. The number of benzene rings is 3. The van der Waals surface area contributed by atoms with E-state index in [2.05, 4.69) is 51.1 Å². The number of hydrogen-bond donors (Lipinski definition) is 0. The van der Waals surface area contributed by atoms with Crippen molar-refractivity contribution in [1.82, 2.24) is 0 Å². The van der Waals surface area contributed by atoms with E-state index in [1.807, 2.05) is 24.3 Å². The zero-order chi connectivity index (χ0) is 24.3. The Hall–Kier alpha value is -3.38. The molecular formula is C31H35NO2. The first-order valence-electron chi connectivity index (χ1n) is 12.5. The number of nitriles is 1. The summed E-state index contributed by atoms with van der Waals surface area (Å²) in [5, 5.41) is 9.63. The molecule has 3 heteroatoms. The van der Waals surface area contributed by atoms with Crippen molar-refractivity contribution in [3.8, 4) is 22.9 Å². The molecule has 0 amide bonds. The minimum absolute atomic E-state index is 0.313. The molecule has 1 atom stereocenters. The van der Waals surface area contributed by atoms with Crippen LogP contribution >= 0.6 is 0 Å². The van der Waals surface area contributed by atoms with E-state index in [0.29, 0.717) is 22.8 Å². The van der Waals surface area contributed by atoms with Gasteiger partial charge in [-0.15, -0.1) is 0 Å². The first-order valence-corrected chi connectivity index (χ1v) is 12.5. The standard InChI is InChI=1S/C31H35NO2/c1-4-7-9-23(6-3)20-25-12-19-30(29(21-25)22-32)34-31(33)28-17-15-27(16-18-28)26-13-10-24(8-5-2)11-14-26/h10-19,21,23H,4-9,20H2,1-3H3. The second kappa shape index (κ2) is 12.8. The summed E-state index contributed by atoms with van der Waals surface area (Å²) in [4.78, 5) is 12.7. The molecule has 176 valence electrons. The van der Waals surface area contributed by atoms with Crippen molar-refractivity contribution in [2.24, 2.45) is 5.92 Å². The summed E-state index contributed by atoms with van der Waals surface area (Å²) in [5.41, 5.74) is 5.48. The summed E-state index contributed by atoms with van der Waals surface area (Å²) in [6.07, 6.45) is 7.89. The number of carbonyl (C=O) groups excluding carboxylic acids is 1. The predicted octanol–water partition coefficient (Wildman–Crippen LogP) is 8.16. The van der Waals surface area contributed by atoms with E-state index in [1.54, 1.807) is 18.2 Å². The highest BCUT2D eigenvalue weighted by Crippen LogP contribution is 2.26. The molecular weight excluding hydrogens is 418 g/mol. The van der Waals surface area contributed by atoms with Crippen molar-refractivity contribution in [2.45, 2.75) is 65.7 Å². The predicted molar refractivity (Wildman–Crippen MR) is 139 cm³/mol. The summed E-state index contributed by atoms with van der Waals surface area (Å²) in [5.74, 6) is 0.471. The number of carbonyl (C=O) groups is 1. The van der Waals surface area contributed by atoms with E-state index in [4.69, 9.17) is 4.74 Å². The molecule has 0 saturated carbocycles. The average molecular weight is 454 g/mol. The van der Waals surface area contributed by atoms with Gasteiger partial charge < -0.3 is 4.74 Å². The van der Waals surface area contributed by atoms with E-state index in [9.17, 15) is 10.1 Å². The molecule has 0 radical (unpaired) electrons. The Morgan fingerprint density at radius 3 is 2.12 bits per heavy atom. The van der Waals surface area contributed by atoms with Crippen LogP contribution in [0.15, 0.2) is 66.7 Å². The summed E-state index contributed by atoms with van der Waals surface area (Å²) < 4.78 is 5.60. The van der Waals surface area contributed by atoms with E-state index < -0.39 is 5.97 Å². The number of aryl methyl sites for hydroxylation is 1. The van der Waals surface area contributed by atoms with Crippen LogP contribution in [0.5, 0.6) is 5.75 Å². The van der Waals surface area contributed by atoms with Gasteiger partial charge in [0, 0.05) is 0 Å². The molecule has 1 unspecified atom stereocenters. The largest absolute Gasteiger partial charge is 0.422 e. The maximum atomic E-state index is 12.7. The quantitative estimate of drug-likeness (QED) is 0.217. The summed E-state index contributed by atoms with van der Waals surface area (Å²) in [6.45, 7) is 6.60. The molecule has 0 N–H and O–H groups in total. The third-order valence-corrected chi connectivity index (χ3v) is 6.38. The van der Waals surface area contributed by atoms with E-state index in [-0.39, 0.29) is 0 Å². The van der Waals surface area contributed by atoms with Crippen molar-refractivity contribution >= 4 is 5.97 Å². The molecule has 3 aromatic carbocycles. The monoisotopic (exact) mass is 453 g/mol. The fourth-order valence-electron chi connectivity index (χ4n) is 4.27. The fourth-order valence-corrected chi connectivity index (χ4v) is 4.27. The molecule has 3 rings (SSSR count). The molecule has 3 aromatic rings. The maximum absolute atomic E-state index is 12.7. The Morgan fingerprint density at radius 2 is 1.53 bits per heavy atom. The Balaban J connectivity index is 1.68. The number of esters is 1. The van der Waals surface area contributed by atoms with Crippen molar-refractivity contribution in [2.75, 3.05) is 0 Å². The zero-order valence-corrected chi connectivity index (χ0v) is 20.6. The molecule has 3 nitrogen and oxygen atoms in total. The van der Waals surface area contributed by atoms with Crippen LogP contribution in [0.2, 0.25) is 0 Å². The first kappa shape index (κ1) is 25.2. The highest BCUT2D eigenvalue weighted by molar-refractivity contribution is 5.92. The van der Waals surface area contributed by atoms with E-state index >= 15 is 0 Å². The van der Waals surface area contributed by atoms with Crippen LogP contribution in [-0.4, -0.2) is 5.97 Å². The number of hydrogen-bond acceptors (Lipinski definition) is 3. The van der Waals surface area contributed by atoms with Crippen molar-refractivity contribution in [3.05, 3.63) is 89.0 Å². The van der Waals surface area contributed by atoms with E-state index in [0.717, 1.165) is 42.4 Å². The summed E-state index contributed by atoms with van der Waals surface area (Å²) >= 11 is 0. The van der Waals surface area contributed by atoms with Crippen LogP contribution < -0.4 is 4.74 Å². The first-order chi connectivity index (χ1) is 16.6. The smallest absolute Gasteiger partial charge is 0.343 e. The molecule has 0 bridgehead atoms. The molecule has 34 heavy (non-hydrogen) atoms. The Labute approximate surface area is 204 Å². The minimum Gasteiger partial charge on any atom is -0.422 e. The van der Waals surface area contributed by atoms with Gasteiger partial charge in [0.2, 0.25) is 0 Å². The van der Waals surface area contributed by atoms with Gasteiger partial charge in [-0.1, -0.05) is 95.3 Å². The number of unbranched alkanes of at least 4 members (excludes halogenated alkanes) is 1. The molecule has 0 aliphatic carbocycles. The van der Waals surface area contributed by atoms with Gasteiger partial charge in [-0.3, -0.25) is 0 Å². The Morgan fingerprint density at radius 1 is 0.882 bits per heavy atom. The van der Waals surface area contributed by atoms with Crippen molar-refractivity contribution in [3.63, 3.8) is 0 Å². The zero-order valence-electron chi connectivity index (χ0n) is 20.6. The normalized spacial score (nSPS) is 11.6. The van der Waals surface area contributed by atoms with E-state index in [1.165, 1.54) is 24.8 Å². The fraction of sp³-hybridized carbons (Fsp3) is 0.355. The van der Waals surface area contributed by atoms with Crippen molar-refractivity contribution in [1.29, 1.82) is 5.26 Å². The summed E-state index contributed by atoms with van der Waals surface area (Å²) in [7, 11) is 0. The summed E-state index contributed by atoms with van der Waals surface area (Å²) in [6, 6.07) is 23.7. The number of rotatable bonds is 11. The maximum Gasteiger partial charge on any atom is 0.343 e. The van der Waals surface area contributed by atoms with Crippen LogP contribution in [0.3, 0.4) is 0 Å². The molecule has 0 fully saturated rings. The highest BCUT2D eigenvalue weighted by Gasteiger charge is 2.14. The third-order valence-electron chi connectivity index (χ3n) is 6.38. The minimum atomic E-state index is -0.455. The third kappa shape index (κ3) is 6.81. The lowest BCUT2D eigenvalue weighted by atomic mass is 9.91. The van der Waals surface area contributed by atoms with Gasteiger partial charge in [-0.2, -0.15) is 5.26 Å². The van der Waals surface area contributed by atoms with Crippen LogP contribution in [0.1, 0.15) is 79.9 Å². The van der Waals surface area contributed by atoms with Gasteiger partial charge in [0.15, 0.2) is 0 Å². The van der Waals surface area contributed by atoms with Gasteiger partial charge >= 0.3 is 5.97 Å². The van der Waals surface area contributed by atoms with Gasteiger partial charge in [0.05, 0.1) is 11.1 Å². The molecule has 0 spiro atoms. The Kier molecular flexibility index (Phi) is 9.47. The lowest BCUT2D eigenvalue weighted by Gasteiger charge is -2.15. The average Bonchev–Trinajstić information content (AvgIpc) is 2.88. The van der Waals surface area contributed by atoms with Crippen molar-refractivity contribution < 1.29 is 9.53 Å². The van der Waals surface area contributed by atoms with Gasteiger partial charge in [-0.25, -0.2) is 4.79 Å². The van der Waals surface area contributed by atoms with Crippen LogP contribution in [-0.2, 0) is 12.8 Å². The van der Waals surface area contributed by atoms with Gasteiger partial charge in [-0.05, 0) is 65.3 Å². The SMILES string of the molecule is CCCCC(CC)Cc1ccc(OC(=O)c2ccc(-c3ccc(CCC)cc3)cc2)c(C#N)c1. The van der Waals surface area contributed by atoms with Crippen LogP contribution in [0, 0.1) is 17.2 Å². The van der Waals surface area contributed by atoms with Crippen LogP contribution in [0.4, 0.5) is 0 Å². The lowest BCUT2D eigenvalue weighted by molar-refractivity contribution is 0.0734. The molecule has 0 saturated heterocycles. The number of ether oxygens (including phenoxy) is 1. The molecule has 0 aromatic heterocycles. The number of nitrogens with zero attached hydrogens (tertiary/aromatic N) is 1. The second-order valence-electron chi connectivity index (χ2n) is 8.98. The molecule has 0 aliphatic rings. The highest BCUT2D eigenvalue weighted by atomic mass is 16.5.